The van der Waals surface area contributed by atoms with E-state index in [0.29, 0.717) is 6.54 Å². The van der Waals surface area contributed by atoms with Crippen LogP contribution in [0.4, 0.5) is 0 Å². The zero-order valence-electron chi connectivity index (χ0n) is 10.2. The highest BCUT2D eigenvalue weighted by molar-refractivity contribution is 9.10. The van der Waals surface area contributed by atoms with E-state index in [-0.39, 0.29) is 6.04 Å². The Balaban J connectivity index is 2.62. The van der Waals surface area contributed by atoms with Crippen molar-refractivity contribution in [1.29, 1.82) is 0 Å². The fourth-order valence-electron chi connectivity index (χ4n) is 1.53. The van der Waals surface area contributed by atoms with Crippen molar-refractivity contribution in [2.75, 3.05) is 33.7 Å². The molecule has 0 heterocycles. The molecule has 0 aliphatic heterocycles. The van der Waals surface area contributed by atoms with Crippen molar-refractivity contribution in [2.45, 2.75) is 6.04 Å². The summed E-state index contributed by atoms with van der Waals surface area (Å²) in [5.74, 6) is 0. The van der Waals surface area contributed by atoms with Gasteiger partial charge in [-0.15, -0.1) is 0 Å². The average Bonchev–Trinajstić information content (AvgIpc) is 2.28. The van der Waals surface area contributed by atoms with Crippen molar-refractivity contribution in [3.63, 3.8) is 0 Å². The Labute approximate surface area is 116 Å². The van der Waals surface area contributed by atoms with E-state index in [1.807, 2.05) is 18.2 Å². The largest absolute Gasteiger partial charge is 0.329 e. The molecule has 0 aromatic heterocycles. The van der Waals surface area contributed by atoms with Gasteiger partial charge in [-0.3, -0.25) is 0 Å². The van der Waals surface area contributed by atoms with Crippen LogP contribution in [0.25, 0.3) is 0 Å². The molecule has 0 amide bonds. The van der Waals surface area contributed by atoms with E-state index >= 15 is 0 Å². The van der Waals surface area contributed by atoms with Crippen molar-refractivity contribution in [3.05, 3.63) is 33.3 Å². The third kappa shape index (κ3) is 4.94. The third-order valence-electron chi connectivity index (χ3n) is 2.53. The lowest BCUT2D eigenvalue weighted by molar-refractivity contribution is 0.385. The first-order valence-electron chi connectivity index (χ1n) is 5.57. The van der Waals surface area contributed by atoms with E-state index in [4.69, 9.17) is 17.3 Å². The van der Waals surface area contributed by atoms with Crippen LogP contribution in [0.5, 0.6) is 0 Å². The van der Waals surface area contributed by atoms with Crippen LogP contribution in [-0.2, 0) is 0 Å². The molecule has 1 atom stereocenters. The normalized spacial score (nSPS) is 13.1. The average molecular weight is 321 g/mol. The van der Waals surface area contributed by atoms with E-state index < -0.39 is 0 Å². The fraction of sp³-hybridized carbons (Fsp3) is 0.500. The molecule has 1 aromatic carbocycles. The Morgan fingerprint density at radius 2 is 2.18 bits per heavy atom. The summed E-state index contributed by atoms with van der Waals surface area (Å²) < 4.78 is 0.907. The van der Waals surface area contributed by atoms with Gasteiger partial charge in [-0.25, -0.2) is 0 Å². The number of likely N-dealkylation sites (N-methyl/N-ethyl adjacent to an activating group) is 1. The molecular formula is C12H19BrClN3. The van der Waals surface area contributed by atoms with Crippen molar-refractivity contribution in [1.82, 2.24) is 10.2 Å². The molecule has 5 heteroatoms. The van der Waals surface area contributed by atoms with Gasteiger partial charge in [0.25, 0.3) is 0 Å². The van der Waals surface area contributed by atoms with E-state index in [2.05, 4.69) is 40.2 Å². The van der Waals surface area contributed by atoms with Crippen molar-refractivity contribution < 1.29 is 0 Å². The Hall–Kier alpha value is -0.130. The minimum absolute atomic E-state index is 0.170. The second-order valence-electron chi connectivity index (χ2n) is 4.22. The maximum Gasteiger partial charge on any atom is 0.0548 e. The second-order valence-corrected chi connectivity index (χ2v) is 5.48. The van der Waals surface area contributed by atoms with Crippen LogP contribution >= 0.6 is 27.5 Å². The molecular weight excluding hydrogens is 302 g/mol. The van der Waals surface area contributed by atoms with Crippen LogP contribution in [0.3, 0.4) is 0 Å². The summed E-state index contributed by atoms with van der Waals surface area (Å²) in [6.07, 6.45) is 0. The summed E-state index contributed by atoms with van der Waals surface area (Å²) in [6.45, 7) is 2.47. The van der Waals surface area contributed by atoms with Gasteiger partial charge in [-0.05, 0) is 47.7 Å². The molecule has 0 aliphatic rings. The third-order valence-corrected chi connectivity index (χ3v) is 3.75. The number of nitrogens with two attached hydrogens (primary N) is 1. The van der Waals surface area contributed by atoms with E-state index in [1.165, 1.54) is 0 Å². The first-order valence-corrected chi connectivity index (χ1v) is 6.75. The summed E-state index contributed by atoms with van der Waals surface area (Å²) in [6, 6.07) is 6.08. The zero-order valence-corrected chi connectivity index (χ0v) is 12.6. The summed E-state index contributed by atoms with van der Waals surface area (Å²) >= 11 is 9.40. The van der Waals surface area contributed by atoms with Crippen molar-refractivity contribution in [3.8, 4) is 0 Å². The Bertz CT molecular complexity index is 358. The summed E-state index contributed by atoms with van der Waals surface area (Å²) in [5, 5.41) is 4.15. The van der Waals surface area contributed by atoms with Gasteiger partial charge >= 0.3 is 0 Å². The number of nitrogens with zero attached hydrogens (tertiary/aromatic N) is 1. The summed E-state index contributed by atoms with van der Waals surface area (Å²) in [5.41, 5.74) is 6.94. The molecule has 0 saturated carbocycles. The number of nitrogens with one attached hydrogen (secondary N) is 1. The molecule has 1 rings (SSSR count). The molecule has 0 bridgehead atoms. The Morgan fingerprint density at radius 3 is 2.71 bits per heavy atom. The van der Waals surface area contributed by atoms with Gasteiger partial charge in [0.1, 0.15) is 0 Å². The fourth-order valence-corrected chi connectivity index (χ4v) is 2.04. The van der Waals surface area contributed by atoms with Crippen LogP contribution in [0.2, 0.25) is 5.02 Å². The van der Waals surface area contributed by atoms with Crippen LogP contribution in [0.15, 0.2) is 22.7 Å². The van der Waals surface area contributed by atoms with Gasteiger partial charge < -0.3 is 16.0 Å². The van der Waals surface area contributed by atoms with Crippen molar-refractivity contribution in [2.24, 2.45) is 5.73 Å². The minimum Gasteiger partial charge on any atom is -0.329 e. The van der Waals surface area contributed by atoms with Gasteiger partial charge in [0.05, 0.1) is 5.02 Å². The predicted molar refractivity (Wildman–Crippen MR) is 77.5 cm³/mol. The highest BCUT2D eigenvalue weighted by Gasteiger charge is 2.10. The number of benzene rings is 1. The van der Waals surface area contributed by atoms with Crippen LogP contribution in [0.1, 0.15) is 11.6 Å². The number of rotatable bonds is 6. The lowest BCUT2D eigenvalue weighted by atomic mass is 10.1. The molecule has 0 saturated heterocycles. The van der Waals surface area contributed by atoms with Gasteiger partial charge in [-0.1, -0.05) is 17.7 Å². The highest BCUT2D eigenvalue weighted by Crippen LogP contribution is 2.25. The minimum atomic E-state index is 0.170. The number of hydrogen-bond donors (Lipinski definition) is 2. The zero-order chi connectivity index (χ0) is 12.8. The monoisotopic (exact) mass is 319 g/mol. The van der Waals surface area contributed by atoms with E-state index in [0.717, 1.165) is 28.1 Å². The first kappa shape index (κ1) is 14.9. The quantitative estimate of drug-likeness (QED) is 0.845. The SMILES string of the molecule is CN(C)CCNC(CN)c1ccc(Cl)c(Br)c1. The molecule has 3 nitrogen and oxygen atoms in total. The Kier molecular flexibility index (Phi) is 6.44. The molecule has 0 aliphatic carbocycles. The van der Waals surface area contributed by atoms with E-state index in [9.17, 15) is 0 Å². The lowest BCUT2D eigenvalue weighted by Crippen LogP contribution is -2.33. The van der Waals surface area contributed by atoms with Crippen LogP contribution < -0.4 is 11.1 Å². The lowest BCUT2D eigenvalue weighted by Gasteiger charge is -2.19. The summed E-state index contributed by atoms with van der Waals surface area (Å²) in [7, 11) is 4.11. The molecule has 17 heavy (non-hydrogen) atoms. The number of halogens is 2. The first-order chi connectivity index (χ1) is 8.04. The molecule has 0 fully saturated rings. The number of hydrogen-bond acceptors (Lipinski definition) is 3. The van der Waals surface area contributed by atoms with Gasteiger partial charge in [-0.2, -0.15) is 0 Å². The second kappa shape index (κ2) is 7.34. The van der Waals surface area contributed by atoms with Crippen molar-refractivity contribution >= 4 is 27.5 Å². The predicted octanol–water partition coefficient (Wildman–Crippen LogP) is 2.25. The van der Waals surface area contributed by atoms with Gasteiger partial charge in [0.15, 0.2) is 0 Å². The molecule has 0 radical (unpaired) electrons. The maximum absolute atomic E-state index is 5.97. The highest BCUT2D eigenvalue weighted by atomic mass is 79.9. The maximum atomic E-state index is 5.97. The van der Waals surface area contributed by atoms with Gasteiger partial charge in [0, 0.05) is 30.1 Å². The molecule has 3 N–H and O–H groups in total. The van der Waals surface area contributed by atoms with Gasteiger partial charge in [0.2, 0.25) is 0 Å². The Morgan fingerprint density at radius 1 is 1.47 bits per heavy atom. The topological polar surface area (TPSA) is 41.3 Å². The molecule has 1 aromatic rings. The van der Waals surface area contributed by atoms with Crippen LogP contribution in [0, 0.1) is 0 Å². The molecule has 1 unspecified atom stereocenters. The molecule has 96 valence electrons. The van der Waals surface area contributed by atoms with E-state index in [1.54, 1.807) is 0 Å². The standard InChI is InChI=1S/C12H19BrClN3/c1-17(2)6-5-16-12(8-15)9-3-4-11(14)10(13)7-9/h3-4,7,12,16H,5-6,8,15H2,1-2H3. The smallest absolute Gasteiger partial charge is 0.0548 e. The summed E-state index contributed by atoms with van der Waals surface area (Å²) in [4.78, 5) is 2.14. The van der Waals surface area contributed by atoms with Crippen LogP contribution in [-0.4, -0.2) is 38.6 Å². The molecule has 0 spiro atoms.